The Balaban J connectivity index is 1.97. The number of carbonyl (C=O) groups is 1. The zero-order chi connectivity index (χ0) is 13.2. The van der Waals surface area contributed by atoms with Crippen LogP contribution in [0.25, 0.3) is 0 Å². The van der Waals surface area contributed by atoms with Crippen molar-refractivity contribution >= 4 is 34.8 Å². The first kappa shape index (κ1) is 12.4. The second-order valence-electron chi connectivity index (χ2n) is 3.81. The molecule has 0 spiro atoms. The maximum absolute atomic E-state index is 11.5. The van der Waals surface area contributed by atoms with E-state index >= 15 is 0 Å². The van der Waals surface area contributed by atoms with Gasteiger partial charge in [0.1, 0.15) is 6.33 Å². The minimum absolute atomic E-state index is 0.0946. The van der Waals surface area contributed by atoms with Crippen LogP contribution in [0.1, 0.15) is 11.3 Å². The number of rotatable bonds is 3. The Morgan fingerprint density at radius 2 is 2.47 bits per heavy atom. The predicted molar refractivity (Wildman–Crippen MR) is 72.6 cm³/mol. The van der Waals surface area contributed by atoms with Crippen LogP contribution >= 0.6 is 23.1 Å². The van der Waals surface area contributed by atoms with E-state index in [2.05, 4.69) is 15.3 Å². The third kappa shape index (κ3) is 2.41. The number of fused-ring (bicyclic) bond motifs is 1. The first-order valence-electron chi connectivity index (χ1n) is 5.54. The highest BCUT2D eigenvalue weighted by atomic mass is 32.2. The molecule has 1 atom stereocenters. The molecule has 1 aliphatic heterocycles. The number of esters is 1. The standard InChI is InChI=1S/C11H10N4O2S2/c1-17-9(16)5-8-10(7-3-2-4-18-7)14-15-6-12-13-11(15)19-8/h2-4,6,8H,5H2,1H3. The molecule has 3 heterocycles. The Kier molecular flexibility index (Phi) is 3.34. The van der Waals surface area contributed by atoms with E-state index in [0.29, 0.717) is 5.16 Å². The predicted octanol–water partition coefficient (Wildman–Crippen LogP) is 1.63. The minimum atomic E-state index is -0.255. The summed E-state index contributed by atoms with van der Waals surface area (Å²) >= 11 is 3.07. The summed E-state index contributed by atoms with van der Waals surface area (Å²) < 4.78 is 6.37. The van der Waals surface area contributed by atoms with Gasteiger partial charge in [0.25, 0.3) is 0 Å². The van der Waals surface area contributed by atoms with E-state index in [1.54, 1.807) is 22.3 Å². The number of ether oxygens (including phenoxy) is 1. The van der Waals surface area contributed by atoms with Crippen LogP contribution in [0.5, 0.6) is 0 Å². The van der Waals surface area contributed by atoms with E-state index in [9.17, 15) is 4.79 Å². The van der Waals surface area contributed by atoms with E-state index in [0.717, 1.165) is 10.6 Å². The first-order chi connectivity index (χ1) is 9.28. The average molecular weight is 294 g/mol. The lowest BCUT2D eigenvalue weighted by Crippen LogP contribution is -2.26. The first-order valence-corrected chi connectivity index (χ1v) is 7.30. The molecule has 0 radical (unpaired) electrons. The van der Waals surface area contributed by atoms with Crippen molar-refractivity contribution in [3.8, 4) is 0 Å². The van der Waals surface area contributed by atoms with Gasteiger partial charge in [-0.25, -0.2) is 0 Å². The van der Waals surface area contributed by atoms with E-state index < -0.39 is 0 Å². The second-order valence-corrected chi connectivity index (χ2v) is 5.92. The number of aromatic nitrogens is 3. The van der Waals surface area contributed by atoms with Crippen LogP contribution in [0, 0.1) is 0 Å². The molecule has 19 heavy (non-hydrogen) atoms. The van der Waals surface area contributed by atoms with Gasteiger partial charge in [-0.05, 0) is 11.4 Å². The Hall–Kier alpha value is -1.67. The van der Waals surface area contributed by atoms with Crippen molar-refractivity contribution in [1.82, 2.24) is 14.9 Å². The summed E-state index contributed by atoms with van der Waals surface area (Å²) in [5, 5.41) is 14.9. The maximum atomic E-state index is 11.5. The Labute approximate surface area is 117 Å². The Morgan fingerprint density at radius 3 is 3.21 bits per heavy atom. The van der Waals surface area contributed by atoms with Crippen LogP contribution in [0.3, 0.4) is 0 Å². The molecule has 2 aromatic rings. The molecule has 1 aliphatic rings. The van der Waals surface area contributed by atoms with Crippen LogP contribution in [-0.4, -0.2) is 38.9 Å². The molecular weight excluding hydrogens is 284 g/mol. The van der Waals surface area contributed by atoms with Crippen molar-refractivity contribution in [3.63, 3.8) is 0 Å². The van der Waals surface area contributed by atoms with Crippen molar-refractivity contribution in [2.75, 3.05) is 7.11 Å². The fourth-order valence-corrected chi connectivity index (χ4v) is 3.62. The zero-order valence-corrected chi connectivity index (χ0v) is 11.6. The van der Waals surface area contributed by atoms with E-state index in [1.807, 2.05) is 17.5 Å². The number of thiophene rings is 1. The molecule has 0 saturated heterocycles. The fourth-order valence-electron chi connectivity index (χ4n) is 1.73. The Bertz CT molecular complexity index is 620. The zero-order valence-electron chi connectivity index (χ0n) is 10.0. The quantitative estimate of drug-likeness (QED) is 0.805. The van der Waals surface area contributed by atoms with Gasteiger partial charge in [0.15, 0.2) is 0 Å². The van der Waals surface area contributed by atoms with Crippen LogP contribution in [0.2, 0.25) is 0 Å². The molecule has 0 saturated carbocycles. The number of hydrogen-bond donors (Lipinski definition) is 0. The van der Waals surface area contributed by atoms with Gasteiger partial charge in [-0.15, -0.1) is 21.5 Å². The highest BCUT2D eigenvalue weighted by Gasteiger charge is 2.29. The molecule has 0 bridgehead atoms. The molecule has 0 aromatic carbocycles. The van der Waals surface area contributed by atoms with Crippen LogP contribution in [0.4, 0.5) is 0 Å². The maximum Gasteiger partial charge on any atom is 0.307 e. The fraction of sp³-hybridized carbons (Fsp3) is 0.273. The average Bonchev–Trinajstić information content (AvgIpc) is 3.08. The molecular formula is C11H10N4O2S2. The normalized spacial score (nSPS) is 17.7. The lowest BCUT2D eigenvalue weighted by atomic mass is 10.1. The van der Waals surface area contributed by atoms with Crippen molar-refractivity contribution < 1.29 is 9.53 Å². The van der Waals surface area contributed by atoms with Crippen LogP contribution in [-0.2, 0) is 9.53 Å². The molecule has 0 N–H and O–H groups in total. The molecule has 6 nitrogen and oxygen atoms in total. The molecule has 3 rings (SSSR count). The molecule has 0 fully saturated rings. The van der Waals surface area contributed by atoms with E-state index in [4.69, 9.17) is 4.74 Å². The topological polar surface area (TPSA) is 69.4 Å². The number of nitrogens with zero attached hydrogens (tertiary/aromatic N) is 4. The number of carbonyl (C=O) groups excluding carboxylic acids is 1. The van der Waals surface area contributed by atoms with Gasteiger partial charge in [-0.3, -0.25) is 4.79 Å². The van der Waals surface area contributed by atoms with Crippen LogP contribution < -0.4 is 0 Å². The summed E-state index contributed by atoms with van der Waals surface area (Å²) in [4.78, 5) is 12.6. The van der Waals surface area contributed by atoms with Gasteiger partial charge in [-0.2, -0.15) is 9.78 Å². The van der Waals surface area contributed by atoms with Crippen molar-refractivity contribution in [2.45, 2.75) is 16.8 Å². The number of methoxy groups -OCH3 is 1. The minimum Gasteiger partial charge on any atom is -0.469 e. The summed E-state index contributed by atoms with van der Waals surface area (Å²) in [5.41, 5.74) is 0.859. The number of hydrogen-bond acceptors (Lipinski definition) is 7. The van der Waals surface area contributed by atoms with Crippen molar-refractivity contribution in [3.05, 3.63) is 28.7 Å². The third-order valence-electron chi connectivity index (χ3n) is 2.62. The highest BCUT2D eigenvalue weighted by Crippen LogP contribution is 2.32. The molecule has 2 aromatic heterocycles. The summed E-state index contributed by atoms with van der Waals surface area (Å²) in [6.45, 7) is 0. The summed E-state index contributed by atoms with van der Waals surface area (Å²) in [6, 6.07) is 3.95. The summed E-state index contributed by atoms with van der Waals surface area (Å²) in [7, 11) is 1.39. The summed E-state index contributed by atoms with van der Waals surface area (Å²) in [5.74, 6) is -0.255. The van der Waals surface area contributed by atoms with Gasteiger partial charge in [-0.1, -0.05) is 17.8 Å². The second kappa shape index (κ2) is 5.14. The SMILES string of the molecule is COC(=O)CC1Sc2nncn2N=C1c1cccs1. The van der Waals surface area contributed by atoms with Crippen molar-refractivity contribution in [1.29, 1.82) is 0 Å². The van der Waals surface area contributed by atoms with Gasteiger partial charge < -0.3 is 4.74 Å². The smallest absolute Gasteiger partial charge is 0.307 e. The van der Waals surface area contributed by atoms with Gasteiger partial charge in [0.2, 0.25) is 5.16 Å². The monoisotopic (exact) mass is 294 g/mol. The highest BCUT2D eigenvalue weighted by molar-refractivity contribution is 8.00. The third-order valence-corrected chi connectivity index (χ3v) is 4.67. The van der Waals surface area contributed by atoms with Gasteiger partial charge >= 0.3 is 5.97 Å². The molecule has 1 unspecified atom stereocenters. The number of thioether (sulfide) groups is 1. The lowest BCUT2D eigenvalue weighted by molar-refractivity contribution is -0.140. The molecule has 0 amide bonds. The molecule has 8 heteroatoms. The van der Waals surface area contributed by atoms with Gasteiger partial charge in [0.05, 0.1) is 29.4 Å². The molecule has 0 aliphatic carbocycles. The lowest BCUT2D eigenvalue weighted by Gasteiger charge is -2.20. The van der Waals surface area contributed by atoms with Gasteiger partial charge in [0, 0.05) is 0 Å². The van der Waals surface area contributed by atoms with E-state index in [1.165, 1.54) is 18.9 Å². The van der Waals surface area contributed by atoms with Crippen molar-refractivity contribution in [2.24, 2.45) is 5.10 Å². The largest absolute Gasteiger partial charge is 0.469 e. The Morgan fingerprint density at radius 1 is 1.58 bits per heavy atom. The van der Waals surface area contributed by atoms with Crippen LogP contribution in [0.15, 0.2) is 34.1 Å². The van der Waals surface area contributed by atoms with E-state index in [-0.39, 0.29) is 17.6 Å². The summed E-state index contributed by atoms with van der Waals surface area (Å²) in [6.07, 6.45) is 1.83. The molecule has 98 valence electrons.